The highest BCUT2D eigenvalue weighted by atomic mass is 79.9. The minimum atomic E-state index is -0.558. The zero-order valence-corrected chi connectivity index (χ0v) is 19.2. The van der Waals surface area contributed by atoms with E-state index < -0.39 is 5.91 Å². The molecule has 0 radical (unpaired) electrons. The lowest BCUT2D eigenvalue weighted by Gasteiger charge is -2.10. The topological polar surface area (TPSA) is 81.4 Å². The lowest BCUT2D eigenvalue weighted by atomic mass is 10.1. The van der Waals surface area contributed by atoms with Crippen molar-refractivity contribution in [2.75, 3.05) is 11.9 Å². The first-order valence-corrected chi connectivity index (χ1v) is 11.2. The molecule has 30 heavy (non-hydrogen) atoms. The van der Waals surface area contributed by atoms with Gasteiger partial charge in [-0.2, -0.15) is 0 Å². The maximum absolute atomic E-state index is 12.5. The predicted octanol–water partition coefficient (Wildman–Crippen LogP) is 5.09. The van der Waals surface area contributed by atoms with Gasteiger partial charge in [0.2, 0.25) is 0 Å². The van der Waals surface area contributed by atoms with E-state index in [2.05, 4.69) is 28.2 Å². The number of thiophene rings is 1. The summed E-state index contributed by atoms with van der Waals surface area (Å²) in [5.41, 5.74) is 9.04. The molecule has 0 aliphatic rings. The molecule has 3 aromatic rings. The largest absolute Gasteiger partial charge is 0.483 e. The molecule has 1 heterocycles. The number of hydrogen-bond acceptors (Lipinski definition) is 4. The molecule has 0 atom stereocenters. The normalized spacial score (nSPS) is 10.6. The van der Waals surface area contributed by atoms with Gasteiger partial charge in [-0.15, -0.1) is 11.3 Å². The minimum Gasteiger partial charge on any atom is -0.483 e. The van der Waals surface area contributed by atoms with Gasteiger partial charge in [0.15, 0.2) is 6.61 Å². The van der Waals surface area contributed by atoms with E-state index in [1.54, 1.807) is 0 Å². The summed E-state index contributed by atoms with van der Waals surface area (Å²) in [5, 5.41) is 3.25. The molecule has 0 unspecified atom stereocenters. The number of benzene rings is 2. The standard InChI is InChI=1S/C23H23BrN2O3S/c1-3-15-9-10-18(17(24)11-15)29-13-20(27)26-23-21(22(25)28)14(2)19(30-23)12-16-7-5-4-6-8-16/h4-11H,3,12-13H2,1-2H3,(H2,25,28)(H,26,27). The van der Waals surface area contributed by atoms with Crippen molar-refractivity contribution < 1.29 is 14.3 Å². The molecule has 1 aromatic heterocycles. The van der Waals surface area contributed by atoms with Crippen molar-refractivity contribution in [2.45, 2.75) is 26.7 Å². The van der Waals surface area contributed by atoms with E-state index in [4.69, 9.17) is 10.5 Å². The summed E-state index contributed by atoms with van der Waals surface area (Å²) in [5.74, 6) is -0.321. The Balaban J connectivity index is 1.72. The van der Waals surface area contributed by atoms with Crippen molar-refractivity contribution in [3.8, 4) is 5.75 Å². The van der Waals surface area contributed by atoms with E-state index in [0.717, 1.165) is 26.9 Å². The molecule has 0 saturated heterocycles. The molecule has 0 spiro atoms. The van der Waals surface area contributed by atoms with Gasteiger partial charge in [0.1, 0.15) is 10.8 Å². The molecular formula is C23H23BrN2O3S. The Kier molecular flexibility index (Phi) is 7.29. The van der Waals surface area contributed by atoms with Crippen LogP contribution in [-0.2, 0) is 17.6 Å². The molecule has 0 fully saturated rings. The van der Waals surface area contributed by atoms with Crippen LogP contribution < -0.4 is 15.8 Å². The Morgan fingerprint density at radius 2 is 1.87 bits per heavy atom. The van der Waals surface area contributed by atoms with Crippen LogP contribution in [-0.4, -0.2) is 18.4 Å². The predicted molar refractivity (Wildman–Crippen MR) is 124 cm³/mol. The monoisotopic (exact) mass is 486 g/mol. The Bertz CT molecular complexity index is 1060. The Morgan fingerprint density at radius 1 is 1.13 bits per heavy atom. The van der Waals surface area contributed by atoms with Crippen LogP contribution in [0.4, 0.5) is 5.00 Å². The average Bonchev–Trinajstić information content (AvgIpc) is 3.02. The fraction of sp³-hybridized carbons (Fsp3) is 0.217. The molecule has 156 valence electrons. The van der Waals surface area contributed by atoms with Crippen LogP contribution in [0.3, 0.4) is 0 Å². The van der Waals surface area contributed by atoms with Crippen LogP contribution >= 0.6 is 27.3 Å². The fourth-order valence-electron chi connectivity index (χ4n) is 3.08. The molecule has 3 rings (SSSR count). The number of nitrogens with two attached hydrogens (primary N) is 1. The summed E-state index contributed by atoms with van der Waals surface area (Å²) in [6.45, 7) is 3.75. The van der Waals surface area contributed by atoms with E-state index in [1.165, 1.54) is 16.9 Å². The fourth-order valence-corrected chi connectivity index (χ4v) is 4.88. The maximum atomic E-state index is 12.5. The van der Waals surface area contributed by atoms with E-state index >= 15 is 0 Å². The van der Waals surface area contributed by atoms with Gasteiger partial charge < -0.3 is 15.8 Å². The van der Waals surface area contributed by atoms with Gasteiger partial charge in [-0.3, -0.25) is 9.59 Å². The average molecular weight is 487 g/mol. The third-order valence-electron chi connectivity index (χ3n) is 4.72. The number of ether oxygens (including phenoxy) is 1. The van der Waals surface area contributed by atoms with Gasteiger partial charge in [-0.25, -0.2) is 0 Å². The quantitative estimate of drug-likeness (QED) is 0.465. The summed E-state index contributed by atoms with van der Waals surface area (Å²) in [7, 11) is 0. The lowest BCUT2D eigenvalue weighted by molar-refractivity contribution is -0.118. The highest BCUT2D eigenvalue weighted by Crippen LogP contribution is 2.34. The van der Waals surface area contributed by atoms with Gasteiger partial charge >= 0.3 is 0 Å². The van der Waals surface area contributed by atoms with Crippen LogP contribution in [0.15, 0.2) is 53.0 Å². The second kappa shape index (κ2) is 9.91. The van der Waals surface area contributed by atoms with Crippen molar-refractivity contribution in [2.24, 2.45) is 5.73 Å². The number of hydrogen-bond donors (Lipinski definition) is 2. The first kappa shape index (κ1) is 22.1. The lowest BCUT2D eigenvalue weighted by Crippen LogP contribution is -2.22. The molecule has 0 bridgehead atoms. The van der Waals surface area contributed by atoms with Crippen molar-refractivity contribution in [3.63, 3.8) is 0 Å². The SMILES string of the molecule is CCc1ccc(OCC(=O)Nc2sc(Cc3ccccc3)c(C)c2C(N)=O)c(Br)c1. The van der Waals surface area contributed by atoms with Crippen LogP contribution in [0.1, 0.15) is 38.8 Å². The van der Waals surface area contributed by atoms with Gasteiger partial charge in [-0.05, 0) is 58.1 Å². The zero-order chi connectivity index (χ0) is 21.7. The Labute approximate surface area is 188 Å². The number of carbonyl (C=O) groups excluding carboxylic acids is 2. The van der Waals surface area contributed by atoms with Gasteiger partial charge in [0, 0.05) is 11.3 Å². The summed E-state index contributed by atoms with van der Waals surface area (Å²) in [6.07, 6.45) is 1.58. The molecule has 2 amide bonds. The first-order valence-electron chi connectivity index (χ1n) is 9.56. The van der Waals surface area contributed by atoms with Crippen molar-refractivity contribution in [1.82, 2.24) is 0 Å². The zero-order valence-electron chi connectivity index (χ0n) is 16.8. The smallest absolute Gasteiger partial charge is 0.262 e. The number of rotatable bonds is 8. The number of amides is 2. The summed E-state index contributed by atoms with van der Waals surface area (Å²) >= 11 is 4.83. The molecule has 0 aliphatic heterocycles. The van der Waals surface area contributed by atoms with Crippen molar-refractivity contribution >= 4 is 44.1 Å². The molecule has 0 aliphatic carbocycles. The second-order valence-corrected chi connectivity index (χ2v) is 8.80. The van der Waals surface area contributed by atoms with Gasteiger partial charge in [0.25, 0.3) is 11.8 Å². The number of carbonyl (C=O) groups is 2. The van der Waals surface area contributed by atoms with Gasteiger partial charge in [0.05, 0.1) is 10.0 Å². The number of aryl methyl sites for hydroxylation is 1. The Morgan fingerprint density at radius 3 is 2.50 bits per heavy atom. The third kappa shape index (κ3) is 5.29. The molecule has 3 N–H and O–H groups in total. The van der Waals surface area contributed by atoms with Crippen molar-refractivity contribution in [3.05, 3.63) is 80.1 Å². The molecule has 2 aromatic carbocycles. The van der Waals surface area contributed by atoms with Crippen LogP contribution in [0, 0.1) is 6.92 Å². The number of nitrogens with one attached hydrogen (secondary N) is 1. The van der Waals surface area contributed by atoms with E-state index in [1.807, 2.05) is 55.5 Å². The number of primary amides is 1. The maximum Gasteiger partial charge on any atom is 0.262 e. The van der Waals surface area contributed by atoms with E-state index in [-0.39, 0.29) is 12.5 Å². The third-order valence-corrected chi connectivity index (χ3v) is 6.54. The molecular weight excluding hydrogens is 464 g/mol. The summed E-state index contributed by atoms with van der Waals surface area (Å²) < 4.78 is 6.43. The molecule has 5 nitrogen and oxygen atoms in total. The highest BCUT2D eigenvalue weighted by molar-refractivity contribution is 9.10. The van der Waals surface area contributed by atoms with E-state index in [9.17, 15) is 9.59 Å². The van der Waals surface area contributed by atoms with Crippen LogP contribution in [0.5, 0.6) is 5.75 Å². The molecule has 0 saturated carbocycles. The van der Waals surface area contributed by atoms with Crippen LogP contribution in [0.25, 0.3) is 0 Å². The van der Waals surface area contributed by atoms with E-state index in [0.29, 0.717) is 22.7 Å². The molecule has 7 heteroatoms. The Hall–Kier alpha value is -2.64. The van der Waals surface area contributed by atoms with Crippen LogP contribution in [0.2, 0.25) is 0 Å². The van der Waals surface area contributed by atoms with Crippen molar-refractivity contribution in [1.29, 1.82) is 0 Å². The summed E-state index contributed by atoms with van der Waals surface area (Å²) in [4.78, 5) is 25.5. The minimum absolute atomic E-state index is 0.173. The first-order chi connectivity index (χ1) is 14.4. The number of anilines is 1. The van der Waals surface area contributed by atoms with Gasteiger partial charge in [-0.1, -0.05) is 43.3 Å². The highest BCUT2D eigenvalue weighted by Gasteiger charge is 2.21. The summed E-state index contributed by atoms with van der Waals surface area (Å²) in [6, 6.07) is 15.7. The number of halogens is 1. The second-order valence-electron chi connectivity index (χ2n) is 6.84.